The Bertz CT molecular complexity index is 810. The first-order valence-corrected chi connectivity index (χ1v) is 9.45. The van der Waals surface area contributed by atoms with E-state index in [1.807, 2.05) is 6.92 Å². The summed E-state index contributed by atoms with van der Waals surface area (Å²) >= 11 is 0. The monoisotopic (exact) mass is 385 g/mol. The molecule has 8 heteroatoms. The molecule has 1 aromatic carbocycles. The van der Waals surface area contributed by atoms with Gasteiger partial charge in [-0.15, -0.1) is 0 Å². The maximum Gasteiger partial charge on any atom is 0.257 e. The molecule has 0 spiro atoms. The molecule has 0 bridgehead atoms. The lowest BCUT2D eigenvalue weighted by atomic mass is 9.97. The normalized spacial score (nSPS) is 16.5. The lowest BCUT2D eigenvalue weighted by molar-refractivity contribution is 0.0670. The molecule has 1 aromatic heterocycles. The molecule has 2 N–H and O–H groups in total. The minimum Gasteiger partial charge on any atom is -0.355 e. The molecule has 2 heterocycles. The molecule has 148 valence electrons. The van der Waals surface area contributed by atoms with Crippen molar-refractivity contribution < 1.29 is 14.0 Å². The Labute approximate surface area is 163 Å². The van der Waals surface area contributed by atoms with Crippen LogP contribution in [0.1, 0.15) is 40.5 Å². The zero-order chi connectivity index (χ0) is 19.9. The second-order valence-electron chi connectivity index (χ2n) is 6.80. The van der Waals surface area contributed by atoms with Crippen LogP contribution in [-0.2, 0) is 0 Å². The van der Waals surface area contributed by atoms with E-state index in [2.05, 4.69) is 20.6 Å². The van der Waals surface area contributed by atoms with E-state index in [-0.39, 0.29) is 23.5 Å². The molecule has 1 atom stereocenters. The van der Waals surface area contributed by atoms with Gasteiger partial charge in [-0.05, 0) is 49.9 Å². The molecule has 1 fully saturated rings. The van der Waals surface area contributed by atoms with Crippen LogP contribution in [0.2, 0.25) is 0 Å². The van der Waals surface area contributed by atoms with Crippen LogP contribution in [0.4, 0.5) is 10.3 Å². The van der Waals surface area contributed by atoms with Crippen molar-refractivity contribution in [3.63, 3.8) is 0 Å². The van der Waals surface area contributed by atoms with Crippen molar-refractivity contribution in [2.24, 2.45) is 5.92 Å². The van der Waals surface area contributed by atoms with Crippen LogP contribution in [0.25, 0.3) is 0 Å². The zero-order valence-electron chi connectivity index (χ0n) is 15.8. The molecule has 2 aromatic rings. The Balaban J connectivity index is 1.53. The summed E-state index contributed by atoms with van der Waals surface area (Å²) in [5.41, 5.74) is 0.876. The molecule has 0 aliphatic carbocycles. The van der Waals surface area contributed by atoms with Gasteiger partial charge in [-0.1, -0.05) is 0 Å². The first kappa shape index (κ1) is 19.7. The van der Waals surface area contributed by atoms with Crippen molar-refractivity contribution in [3.8, 4) is 0 Å². The molecule has 1 saturated heterocycles. The number of likely N-dealkylation sites (tertiary alicyclic amines) is 1. The predicted octanol–water partition coefficient (Wildman–Crippen LogP) is 2.33. The fourth-order valence-electron chi connectivity index (χ4n) is 3.23. The number of nitrogens with one attached hydrogen (secondary N) is 2. The van der Waals surface area contributed by atoms with Gasteiger partial charge in [0.25, 0.3) is 11.8 Å². The number of carbonyl (C=O) groups is 2. The van der Waals surface area contributed by atoms with Crippen LogP contribution in [0, 0.1) is 11.7 Å². The Morgan fingerprint density at radius 2 is 1.89 bits per heavy atom. The summed E-state index contributed by atoms with van der Waals surface area (Å²) in [5.74, 6) is -0.0444. The van der Waals surface area contributed by atoms with Crippen molar-refractivity contribution in [2.45, 2.75) is 19.8 Å². The molecule has 28 heavy (non-hydrogen) atoms. The Kier molecular flexibility index (Phi) is 6.52. The molecular formula is C20H24FN5O2. The quantitative estimate of drug-likeness (QED) is 0.797. The van der Waals surface area contributed by atoms with Crippen molar-refractivity contribution in [3.05, 3.63) is 53.6 Å². The van der Waals surface area contributed by atoms with E-state index in [0.29, 0.717) is 43.3 Å². The summed E-state index contributed by atoms with van der Waals surface area (Å²) in [6.07, 6.45) is 4.88. The number of anilines is 1. The number of halogens is 1. The molecule has 7 nitrogen and oxygen atoms in total. The number of aromatic nitrogens is 2. The lowest BCUT2D eigenvalue weighted by Crippen LogP contribution is -2.43. The highest BCUT2D eigenvalue weighted by molar-refractivity contribution is 5.94. The van der Waals surface area contributed by atoms with Gasteiger partial charge in [0.15, 0.2) is 0 Å². The van der Waals surface area contributed by atoms with Gasteiger partial charge in [-0.2, -0.15) is 0 Å². The second-order valence-corrected chi connectivity index (χ2v) is 6.80. The van der Waals surface area contributed by atoms with Crippen LogP contribution in [-0.4, -0.2) is 52.9 Å². The highest BCUT2D eigenvalue weighted by atomic mass is 19.1. The van der Waals surface area contributed by atoms with E-state index >= 15 is 0 Å². The molecule has 2 amide bonds. The number of piperidine rings is 1. The SMILES string of the molecule is CCNc1ncc(C(=O)N2CCC[C@H](CNC(=O)c3ccc(F)cc3)C2)cn1. The van der Waals surface area contributed by atoms with E-state index in [9.17, 15) is 14.0 Å². The van der Waals surface area contributed by atoms with Gasteiger partial charge in [-0.25, -0.2) is 14.4 Å². The number of carbonyl (C=O) groups excluding carboxylic acids is 2. The highest BCUT2D eigenvalue weighted by Crippen LogP contribution is 2.18. The van der Waals surface area contributed by atoms with E-state index in [0.717, 1.165) is 12.8 Å². The largest absolute Gasteiger partial charge is 0.355 e. The van der Waals surface area contributed by atoms with E-state index < -0.39 is 0 Å². The molecule has 1 aliphatic heterocycles. The standard InChI is InChI=1S/C20H24FN5O2/c1-2-22-20-24-11-16(12-25-20)19(28)26-9-3-4-14(13-26)10-23-18(27)15-5-7-17(21)8-6-15/h5-8,11-12,14H,2-4,9-10,13H2,1H3,(H,23,27)(H,22,24,25)/t14-/m1/s1. The number of hydrogen-bond donors (Lipinski definition) is 2. The summed E-state index contributed by atoms with van der Waals surface area (Å²) < 4.78 is 13.0. The lowest BCUT2D eigenvalue weighted by Gasteiger charge is -2.32. The van der Waals surface area contributed by atoms with Gasteiger partial charge in [0.05, 0.1) is 5.56 Å². The summed E-state index contributed by atoms with van der Waals surface area (Å²) in [6.45, 7) is 4.37. The maximum absolute atomic E-state index is 13.0. The van der Waals surface area contributed by atoms with Crippen molar-refractivity contribution >= 4 is 17.8 Å². The van der Waals surface area contributed by atoms with Crippen molar-refractivity contribution in [1.29, 1.82) is 0 Å². The van der Waals surface area contributed by atoms with Gasteiger partial charge in [0.2, 0.25) is 5.95 Å². The van der Waals surface area contributed by atoms with Crippen LogP contribution in [0.15, 0.2) is 36.7 Å². The van der Waals surface area contributed by atoms with E-state index in [1.165, 1.54) is 36.7 Å². The van der Waals surface area contributed by atoms with Gasteiger partial charge < -0.3 is 15.5 Å². The minimum absolute atomic E-state index is 0.0994. The molecule has 0 radical (unpaired) electrons. The van der Waals surface area contributed by atoms with Crippen LogP contribution < -0.4 is 10.6 Å². The number of amides is 2. The van der Waals surface area contributed by atoms with Gasteiger partial charge in [0.1, 0.15) is 5.82 Å². The maximum atomic E-state index is 13.0. The zero-order valence-corrected chi connectivity index (χ0v) is 15.8. The third-order valence-corrected chi connectivity index (χ3v) is 4.70. The molecule has 0 saturated carbocycles. The average molecular weight is 385 g/mol. The fourth-order valence-corrected chi connectivity index (χ4v) is 3.23. The summed E-state index contributed by atoms with van der Waals surface area (Å²) in [4.78, 5) is 35.0. The van der Waals surface area contributed by atoms with Crippen LogP contribution >= 0.6 is 0 Å². The number of rotatable bonds is 6. The number of nitrogens with zero attached hydrogens (tertiary/aromatic N) is 3. The van der Waals surface area contributed by atoms with E-state index in [1.54, 1.807) is 4.90 Å². The van der Waals surface area contributed by atoms with Crippen molar-refractivity contribution in [1.82, 2.24) is 20.2 Å². The van der Waals surface area contributed by atoms with Gasteiger partial charge >= 0.3 is 0 Å². The fraction of sp³-hybridized carbons (Fsp3) is 0.400. The van der Waals surface area contributed by atoms with Crippen molar-refractivity contribution in [2.75, 3.05) is 31.5 Å². The Morgan fingerprint density at radius 3 is 2.57 bits per heavy atom. The van der Waals surface area contributed by atoms with E-state index in [4.69, 9.17) is 0 Å². The molecular weight excluding hydrogens is 361 g/mol. The molecule has 3 rings (SSSR count). The highest BCUT2D eigenvalue weighted by Gasteiger charge is 2.25. The third kappa shape index (κ3) is 5.03. The summed E-state index contributed by atoms with van der Waals surface area (Å²) in [5, 5.41) is 5.87. The van der Waals surface area contributed by atoms with Gasteiger partial charge in [-0.3, -0.25) is 9.59 Å². The molecule has 0 unspecified atom stereocenters. The predicted molar refractivity (Wildman–Crippen MR) is 104 cm³/mol. The Hall–Kier alpha value is -3.03. The van der Waals surface area contributed by atoms with Gasteiger partial charge in [0, 0.05) is 44.1 Å². The smallest absolute Gasteiger partial charge is 0.257 e. The molecule has 1 aliphatic rings. The second kappa shape index (κ2) is 9.25. The number of benzene rings is 1. The van der Waals surface area contributed by atoms with Crippen LogP contribution in [0.5, 0.6) is 0 Å². The summed E-state index contributed by atoms with van der Waals surface area (Å²) in [6, 6.07) is 5.44. The first-order chi connectivity index (χ1) is 13.6. The topological polar surface area (TPSA) is 87.2 Å². The average Bonchev–Trinajstić information content (AvgIpc) is 2.73. The number of hydrogen-bond acceptors (Lipinski definition) is 5. The Morgan fingerprint density at radius 1 is 1.18 bits per heavy atom. The summed E-state index contributed by atoms with van der Waals surface area (Å²) in [7, 11) is 0. The minimum atomic E-state index is -0.375. The third-order valence-electron chi connectivity index (χ3n) is 4.70. The van der Waals surface area contributed by atoms with Crippen LogP contribution in [0.3, 0.4) is 0 Å². The first-order valence-electron chi connectivity index (χ1n) is 9.45.